The number of rotatable bonds is 4. The molecule has 0 saturated heterocycles. The number of amides is 2. The molecule has 1 aromatic heterocycles. The van der Waals surface area contributed by atoms with Crippen molar-refractivity contribution >= 4 is 39.7 Å². The summed E-state index contributed by atoms with van der Waals surface area (Å²) in [5, 5.41) is 15.6. The van der Waals surface area contributed by atoms with Crippen molar-refractivity contribution < 1.29 is 18.0 Å². The Morgan fingerprint density at radius 3 is 2.19 bits per heavy atom. The van der Waals surface area contributed by atoms with E-state index >= 15 is 0 Å². The summed E-state index contributed by atoms with van der Waals surface area (Å²) in [6.07, 6.45) is -4.50. The molecule has 0 spiro atoms. The third kappa shape index (κ3) is 4.69. The maximum absolute atomic E-state index is 12.8. The largest absolute Gasteiger partial charge is 0.416 e. The van der Waals surface area contributed by atoms with Crippen LogP contribution >= 0.6 is 0 Å². The number of H-pyrrole nitrogens is 1. The van der Waals surface area contributed by atoms with Crippen molar-refractivity contribution in [2.45, 2.75) is 6.18 Å². The van der Waals surface area contributed by atoms with Crippen molar-refractivity contribution in [1.82, 2.24) is 10.2 Å². The SMILES string of the molecule is O=C(Nc1ccc(Nc2n[nH]c(=O)c3ccccc23)cc1)Nc1cccc(C(F)(F)F)c1. The summed E-state index contributed by atoms with van der Waals surface area (Å²) in [6.45, 7) is 0. The normalized spacial score (nSPS) is 11.2. The van der Waals surface area contributed by atoms with Crippen LogP contribution in [0, 0.1) is 0 Å². The number of anilines is 4. The van der Waals surface area contributed by atoms with Crippen LogP contribution in [0.15, 0.2) is 77.6 Å². The smallest absolute Gasteiger partial charge is 0.338 e. The molecule has 4 N–H and O–H groups in total. The lowest BCUT2D eigenvalue weighted by molar-refractivity contribution is -0.137. The van der Waals surface area contributed by atoms with Gasteiger partial charge in [-0.1, -0.05) is 24.3 Å². The number of nitrogens with one attached hydrogen (secondary N) is 4. The number of carbonyl (C=O) groups excluding carboxylic acids is 1. The number of hydrogen-bond donors (Lipinski definition) is 4. The third-order valence-corrected chi connectivity index (χ3v) is 4.55. The minimum absolute atomic E-state index is 0.0200. The first-order valence-corrected chi connectivity index (χ1v) is 9.39. The Morgan fingerprint density at radius 2 is 1.47 bits per heavy atom. The Labute approximate surface area is 179 Å². The van der Waals surface area contributed by atoms with Crippen LogP contribution in [0.5, 0.6) is 0 Å². The molecular weight excluding hydrogens is 423 g/mol. The van der Waals surface area contributed by atoms with Gasteiger partial charge in [-0.15, -0.1) is 0 Å². The Morgan fingerprint density at radius 1 is 0.812 bits per heavy atom. The lowest BCUT2D eigenvalue weighted by Gasteiger charge is -2.12. The molecule has 32 heavy (non-hydrogen) atoms. The molecule has 0 aliphatic carbocycles. The van der Waals surface area contributed by atoms with Gasteiger partial charge in [0.25, 0.3) is 5.56 Å². The van der Waals surface area contributed by atoms with E-state index in [1.807, 2.05) is 0 Å². The van der Waals surface area contributed by atoms with E-state index in [-0.39, 0.29) is 11.2 Å². The number of alkyl halides is 3. The van der Waals surface area contributed by atoms with E-state index in [1.54, 1.807) is 48.5 Å². The van der Waals surface area contributed by atoms with Gasteiger partial charge in [-0.2, -0.15) is 18.3 Å². The van der Waals surface area contributed by atoms with Gasteiger partial charge < -0.3 is 16.0 Å². The first-order chi connectivity index (χ1) is 15.3. The van der Waals surface area contributed by atoms with E-state index in [4.69, 9.17) is 0 Å². The Balaban J connectivity index is 1.43. The van der Waals surface area contributed by atoms with Gasteiger partial charge in [0, 0.05) is 22.4 Å². The third-order valence-electron chi connectivity index (χ3n) is 4.55. The molecule has 0 radical (unpaired) electrons. The van der Waals surface area contributed by atoms with Crippen molar-refractivity contribution in [2.75, 3.05) is 16.0 Å². The maximum Gasteiger partial charge on any atom is 0.416 e. The Hall–Kier alpha value is -4.34. The second-order valence-electron chi connectivity index (χ2n) is 6.81. The molecule has 1 heterocycles. The molecule has 0 fully saturated rings. The second-order valence-corrected chi connectivity index (χ2v) is 6.81. The quantitative estimate of drug-likeness (QED) is 0.345. The fourth-order valence-corrected chi connectivity index (χ4v) is 3.05. The maximum atomic E-state index is 12.8. The highest BCUT2D eigenvalue weighted by molar-refractivity contribution is 6.00. The standard InChI is InChI=1S/C22H16F3N5O2/c23-22(24,25)13-4-3-5-16(12-13)28-21(32)27-15-10-8-14(9-11-15)26-19-17-6-1-2-7-18(17)20(31)30-29-19/h1-12H,(H,26,29)(H,30,31)(H2,27,28,32). The van der Waals surface area contributed by atoms with Crippen LogP contribution in [0.3, 0.4) is 0 Å². The van der Waals surface area contributed by atoms with Crippen LogP contribution < -0.4 is 21.5 Å². The molecule has 4 aromatic rings. The number of nitrogens with zero attached hydrogens (tertiary/aromatic N) is 1. The molecule has 10 heteroatoms. The van der Waals surface area contributed by atoms with E-state index in [0.29, 0.717) is 28.0 Å². The average molecular weight is 439 g/mol. The van der Waals surface area contributed by atoms with Crippen LogP contribution in [-0.2, 0) is 6.18 Å². The van der Waals surface area contributed by atoms with E-state index in [2.05, 4.69) is 26.1 Å². The summed E-state index contributed by atoms with van der Waals surface area (Å²) in [4.78, 5) is 24.0. The number of fused-ring (bicyclic) bond motifs is 1. The molecule has 0 aliphatic heterocycles. The van der Waals surface area contributed by atoms with E-state index < -0.39 is 17.8 Å². The van der Waals surface area contributed by atoms with Gasteiger partial charge in [-0.25, -0.2) is 9.89 Å². The number of hydrogen-bond acceptors (Lipinski definition) is 4. The van der Waals surface area contributed by atoms with Crippen LogP contribution in [-0.4, -0.2) is 16.2 Å². The van der Waals surface area contributed by atoms with E-state index in [9.17, 15) is 22.8 Å². The number of aromatic nitrogens is 2. The van der Waals surface area contributed by atoms with Gasteiger partial charge in [0.05, 0.1) is 10.9 Å². The molecule has 4 rings (SSSR count). The fourth-order valence-electron chi connectivity index (χ4n) is 3.05. The highest BCUT2D eigenvalue weighted by atomic mass is 19.4. The number of benzene rings is 3. The predicted molar refractivity (Wildman–Crippen MR) is 116 cm³/mol. The monoisotopic (exact) mass is 439 g/mol. The van der Waals surface area contributed by atoms with Crippen molar-refractivity contribution in [3.05, 3.63) is 88.7 Å². The summed E-state index contributed by atoms with van der Waals surface area (Å²) in [5.41, 5.74) is -0.0453. The topological polar surface area (TPSA) is 98.9 Å². The molecule has 0 unspecified atom stereocenters. The van der Waals surface area contributed by atoms with Crippen molar-refractivity contribution in [3.63, 3.8) is 0 Å². The highest BCUT2D eigenvalue weighted by Gasteiger charge is 2.30. The minimum Gasteiger partial charge on any atom is -0.338 e. The zero-order valence-electron chi connectivity index (χ0n) is 16.3. The predicted octanol–water partition coefficient (Wildman–Crippen LogP) is 5.33. The molecular formula is C22H16F3N5O2. The fraction of sp³-hybridized carbons (Fsp3) is 0.0455. The summed E-state index contributed by atoms with van der Waals surface area (Å²) in [5.74, 6) is 0.461. The van der Waals surface area contributed by atoms with Crippen LogP contribution in [0.25, 0.3) is 10.8 Å². The lowest BCUT2D eigenvalue weighted by atomic mass is 10.2. The second kappa shape index (κ2) is 8.42. The molecule has 0 atom stereocenters. The molecule has 0 bridgehead atoms. The minimum atomic E-state index is -4.50. The number of aromatic amines is 1. The van der Waals surface area contributed by atoms with Crippen LogP contribution in [0.1, 0.15) is 5.56 Å². The van der Waals surface area contributed by atoms with Gasteiger partial charge in [0.15, 0.2) is 5.82 Å². The van der Waals surface area contributed by atoms with Crippen LogP contribution in [0.2, 0.25) is 0 Å². The number of halogens is 3. The summed E-state index contributed by atoms with van der Waals surface area (Å²) in [6, 6.07) is 17.3. The highest BCUT2D eigenvalue weighted by Crippen LogP contribution is 2.30. The van der Waals surface area contributed by atoms with Crippen molar-refractivity contribution in [3.8, 4) is 0 Å². The van der Waals surface area contributed by atoms with Gasteiger partial charge in [-0.3, -0.25) is 4.79 Å². The molecule has 162 valence electrons. The van der Waals surface area contributed by atoms with Crippen molar-refractivity contribution in [2.24, 2.45) is 0 Å². The van der Waals surface area contributed by atoms with E-state index in [0.717, 1.165) is 12.1 Å². The van der Waals surface area contributed by atoms with Gasteiger partial charge in [0.2, 0.25) is 0 Å². The zero-order valence-corrected chi connectivity index (χ0v) is 16.3. The summed E-state index contributed by atoms with van der Waals surface area (Å²) < 4.78 is 38.4. The Bertz CT molecular complexity index is 1330. The van der Waals surface area contributed by atoms with Crippen molar-refractivity contribution in [1.29, 1.82) is 0 Å². The first-order valence-electron chi connectivity index (χ1n) is 9.39. The molecule has 7 nitrogen and oxygen atoms in total. The first kappa shape index (κ1) is 20.9. The Kier molecular flexibility index (Phi) is 5.50. The van der Waals surface area contributed by atoms with Crippen LogP contribution in [0.4, 0.5) is 40.8 Å². The number of carbonyl (C=O) groups is 1. The van der Waals surface area contributed by atoms with E-state index in [1.165, 1.54) is 12.1 Å². The molecule has 3 aromatic carbocycles. The average Bonchev–Trinajstić information content (AvgIpc) is 2.77. The zero-order chi connectivity index (χ0) is 22.7. The van der Waals surface area contributed by atoms with Gasteiger partial charge in [-0.05, 0) is 48.5 Å². The number of urea groups is 1. The molecule has 0 aliphatic rings. The summed E-state index contributed by atoms with van der Waals surface area (Å²) >= 11 is 0. The lowest BCUT2D eigenvalue weighted by Crippen LogP contribution is -2.19. The summed E-state index contributed by atoms with van der Waals surface area (Å²) in [7, 11) is 0. The van der Waals surface area contributed by atoms with Gasteiger partial charge >= 0.3 is 12.2 Å². The molecule has 0 saturated carbocycles. The van der Waals surface area contributed by atoms with Gasteiger partial charge in [0.1, 0.15) is 0 Å². The molecule has 2 amide bonds.